The summed E-state index contributed by atoms with van der Waals surface area (Å²) in [4.78, 5) is 12.2. The zero-order valence-corrected chi connectivity index (χ0v) is 10.8. The Morgan fingerprint density at radius 3 is 2.75 bits per heavy atom. The van der Waals surface area contributed by atoms with Crippen LogP contribution in [0.1, 0.15) is 15.9 Å². The second-order valence-corrected chi connectivity index (χ2v) is 4.49. The first-order valence-electron chi connectivity index (χ1n) is 6.30. The van der Waals surface area contributed by atoms with Crippen LogP contribution in [0.15, 0.2) is 48.7 Å². The number of hydrogen-bond acceptors (Lipinski definition) is 3. The lowest BCUT2D eigenvalue weighted by atomic mass is 10.1. The van der Waals surface area contributed by atoms with E-state index in [1.807, 2.05) is 30.3 Å². The van der Waals surface area contributed by atoms with Crippen molar-refractivity contribution in [1.29, 1.82) is 0 Å². The van der Waals surface area contributed by atoms with Gasteiger partial charge in [-0.25, -0.2) is 0 Å². The highest BCUT2D eigenvalue weighted by atomic mass is 16.1. The minimum absolute atomic E-state index is 0.157. The van der Waals surface area contributed by atoms with Gasteiger partial charge in [0.15, 0.2) is 0 Å². The maximum atomic E-state index is 12.2. The quantitative estimate of drug-likeness (QED) is 0.680. The lowest BCUT2D eigenvalue weighted by molar-refractivity contribution is 0.102. The number of fused-ring (bicyclic) bond motifs is 1. The number of H-pyrrole nitrogens is 1. The van der Waals surface area contributed by atoms with Crippen molar-refractivity contribution < 1.29 is 4.79 Å². The Morgan fingerprint density at radius 2 is 2.00 bits per heavy atom. The first-order valence-corrected chi connectivity index (χ1v) is 6.30. The topological polar surface area (TPSA) is 83.8 Å². The Hall–Kier alpha value is -2.66. The van der Waals surface area contributed by atoms with Crippen LogP contribution in [-0.4, -0.2) is 16.1 Å². The summed E-state index contributed by atoms with van der Waals surface area (Å²) in [5, 5.41) is 10.7. The number of carbonyl (C=O) groups excluding carboxylic acids is 1. The molecule has 0 aliphatic carbocycles. The summed E-state index contributed by atoms with van der Waals surface area (Å²) in [6.45, 7) is 0.468. The summed E-state index contributed by atoms with van der Waals surface area (Å²) < 4.78 is 0. The molecule has 0 unspecified atom stereocenters. The summed E-state index contributed by atoms with van der Waals surface area (Å²) in [6.07, 6.45) is 1.72. The fraction of sp³-hybridized carbons (Fsp3) is 0.0667. The van der Waals surface area contributed by atoms with Crippen molar-refractivity contribution in [2.24, 2.45) is 5.73 Å². The van der Waals surface area contributed by atoms with Crippen molar-refractivity contribution in [2.75, 3.05) is 5.32 Å². The molecule has 2 aromatic carbocycles. The standard InChI is InChI=1S/C15H14N4O/c16-8-10-4-6-11(7-5-10)15(20)18-13-3-1-2-12-9-17-19-14(12)13/h1-7,9H,8,16H2,(H,17,19)(H,18,20). The van der Waals surface area contributed by atoms with Gasteiger partial charge in [-0.2, -0.15) is 5.10 Å². The van der Waals surface area contributed by atoms with E-state index in [9.17, 15) is 4.79 Å². The first-order chi connectivity index (χ1) is 9.78. The number of carbonyl (C=O) groups is 1. The van der Waals surface area contributed by atoms with Gasteiger partial charge in [0.1, 0.15) is 0 Å². The summed E-state index contributed by atoms with van der Waals surface area (Å²) in [7, 11) is 0. The van der Waals surface area contributed by atoms with Crippen LogP contribution in [0, 0.1) is 0 Å². The molecule has 3 rings (SSSR count). The van der Waals surface area contributed by atoms with Crippen LogP contribution in [0.3, 0.4) is 0 Å². The number of amides is 1. The monoisotopic (exact) mass is 266 g/mol. The molecule has 0 bridgehead atoms. The van der Waals surface area contributed by atoms with Gasteiger partial charge in [0, 0.05) is 17.5 Å². The third-order valence-electron chi connectivity index (χ3n) is 3.18. The number of aromatic nitrogens is 2. The second kappa shape index (κ2) is 5.14. The van der Waals surface area contributed by atoms with E-state index in [2.05, 4.69) is 15.5 Å². The Morgan fingerprint density at radius 1 is 1.20 bits per heavy atom. The van der Waals surface area contributed by atoms with Crippen LogP contribution < -0.4 is 11.1 Å². The molecular formula is C15H14N4O. The minimum Gasteiger partial charge on any atom is -0.326 e. The average Bonchev–Trinajstić information content (AvgIpc) is 2.97. The number of hydrogen-bond donors (Lipinski definition) is 3. The van der Waals surface area contributed by atoms with Crippen LogP contribution in [0.25, 0.3) is 10.9 Å². The van der Waals surface area contributed by atoms with Crippen LogP contribution in [0.2, 0.25) is 0 Å². The van der Waals surface area contributed by atoms with Crippen LogP contribution >= 0.6 is 0 Å². The molecule has 3 aromatic rings. The molecule has 20 heavy (non-hydrogen) atoms. The van der Waals surface area contributed by atoms with Gasteiger partial charge in [-0.05, 0) is 23.8 Å². The summed E-state index contributed by atoms with van der Waals surface area (Å²) in [6, 6.07) is 12.9. The minimum atomic E-state index is -0.157. The number of aromatic amines is 1. The number of rotatable bonds is 3. The molecule has 1 aromatic heterocycles. The third-order valence-corrected chi connectivity index (χ3v) is 3.18. The molecule has 5 heteroatoms. The highest BCUT2D eigenvalue weighted by molar-refractivity contribution is 6.08. The van der Waals surface area contributed by atoms with Crippen molar-refractivity contribution >= 4 is 22.5 Å². The largest absolute Gasteiger partial charge is 0.326 e. The highest BCUT2D eigenvalue weighted by Crippen LogP contribution is 2.21. The molecule has 0 radical (unpaired) electrons. The molecule has 0 aliphatic rings. The Labute approximate surface area is 115 Å². The molecule has 0 spiro atoms. The Bertz CT molecular complexity index is 746. The van der Waals surface area contributed by atoms with Gasteiger partial charge in [-0.1, -0.05) is 24.3 Å². The molecular weight excluding hydrogens is 252 g/mol. The van der Waals surface area contributed by atoms with Gasteiger partial charge in [0.05, 0.1) is 17.4 Å². The van der Waals surface area contributed by atoms with E-state index in [0.717, 1.165) is 16.5 Å². The van der Waals surface area contributed by atoms with E-state index < -0.39 is 0 Å². The van der Waals surface area contributed by atoms with Gasteiger partial charge < -0.3 is 11.1 Å². The fourth-order valence-corrected chi connectivity index (χ4v) is 2.06. The highest BCUT2D eigenvalue weighted by Gasteiger charge is 2.09. The maximum absolute atomic E-state index is 12.2. The molecule has 0 fully saturated rings. The molecule has 0 aliphatic heterocycles. The molecule has 0 atom stereocenters. The van der Waals surface area contributed by atoms with Crippen LogP contribution in [0.4, 0.5) is 5.69 Å². The molecule has 5 nitrogen and oxygen atoms in total. The number of nitrogens with zero attached hydrogens (tertiary/aromatic N) is 1. The van der Waals surface area contributed by atoms with Crippen molar-refractivity contribution in [3.8, 4) is 0 Å². The average molecular weight is 266 g/mol. The van der Waals surface area contributed by atoms with Gasteiger partial charge >= 0.3 is 0 Å². The van der Waals surface area contributed by atoms with Crippen molar-refractivity contribution in [1.82, 2.24) is 10.2 Å². The van der Waals surface area contributed by atoms with Crippen molar-refractivity contribution in [3.05, 3.63) is 59.8 Å². The molecule has 4 N–H and O–H groups in total. The normalized spacial score (nSPS) is 10.7. The summed E-state index contributed by atoms with van der Waals surface area (Å²) in [5.41, 5.74) is 8.67. The first kappa shape index (κ1) is 12.4. The van der Waals surface area contributed by atoms with Gasteiger partial charge in [0.25, 0.3) is 5.91 Å². The van der Waals surface area contributed by atoms with Gasteiger partial charge in [-0.15, -0.1) is 0 Å². The number of para-hydroxylation sites is 1. The van der Waals surface area contributed by atoms with Crippen LogP contribution in [0.5, 0.6) is 0 Å². The number of benzene rings is 2. The molecule has 0 saturated carbocycles. The zero-order chi connectivity index (χ0) is 13.9. The van der Waals surface area contributed by atoms with Gasteiger partial charge in [0.2, 0.25) is 0 Å². The van der Waals surface area contributed by atoms with E-state index in [1.54, 1.807) is 18.3 Å². The predicted molar refractivity (Wildman–Crippen MR) is 78.4 cm³/mol. The molecule has 1 heterocycles. The fourth-order valence-electron chi connectivity index (χ4n) is 2.06. The van der Waals surface area contributed by atoms with E-state index in [-0.39, 0.29) is 5.91 Å². The predicted octanol–water partition coefficient (Wildman–Crippen LogP) is 2.27. The Balaban J connectivity index is 1.86. The van der Waals surface area contributed by atoms with E-state index in [4.69, 9.17) is 5.73 Å². The van der Waals surface area contributed by atoms with E-state index in [0.29, 0.717) is 17.8 Å². The number of anilines is 1. The molecule has 100 valence electrons. The third kappa shape index (κ3) is 2.26. The van der Waals surface area contributed by atoms with E-state index >= 15 is 0 Å². The lowest BCUT2D eigenvalue weighted by Gasteiger charge is -2.06. The lowest BCUT2D eigenvalue weighted by Crippen LogP contribution is -2.12. The molecule has 1 amide bonds. The summed E-state index contributed by atoms with van der Waals surface area (Å²) >= 11 is 0. The second-order valence-electron chi connectivity index (χ2n) is 4.49. The SMILES string of the molecule is NCc1ccc(C(=O)Nc2cccc3cn[nH]c23)cc1. The molecule has 0 saturated heterocycles. The van der Waals surface area contributed by atoms with Crippen LogP contribution in [-0.2, 0) is 6.54 Å². The van der Waals surface area contributed by atoms with E-state index in [1.165, 1.54) is 0 Å². The number of nitrogens with two attached hydrogens (primary N) is 1. The zero-order valence-electron chi connectivity index (χ0n) is 10.8. The van der Waals surface area contributed by atoms with Crippen molar-refractivity contribution in [3.63, 3.8) is 0 Å². The number of nitrogens with one attached hydrogen (secondary N) is 2. The maximum Gasteiger partial charge on any atom is 0.255 e. The Kier molecular flexibility index (Phi) is 3.18. The smallest absolute Gasteiger partial charge is 0.255 e. The summed E-state index contributed by atoms with van der Waals surface area (Å²) in [5.74, 6) is -0.157. The van der Waals surface area contributed by atoms with Crippen molar-refractivity contribution in [2.45, 2.75) is 6.54 Å². The van der Waals surface area contributed by atoms with Gasteiger partial charge in [-0.3, -0.25) is 9.89 Å².